The Labute approximate surface area is 43.1 Å². The van der Waals surface area contributed by atoms with Gasteiger partial charge in [-0.05, 0) is 0 Å². The number of hydrogen-bond donors (Lipinski definition) is 2. The minimum Gasteiger partial charge on any atom is -0.394 e. The van der Waals surface area contributed by atoms with Gasteiger partial charge in [-0.2, -0.15) is 0 Å². The number of methoxy groups -OCH3 is 1. The first kappa shape index (κ1) is 6.88. The molecular formula is C4H11NO2. The van der Waals surface area contributed by atoms with Crippen LogP contribution in [0.25, 0.3) is 0 Å². The molecule has 0 saturated carbocycles. The molecule has 0 unspecified atom stereocenters. The fourth-order valence-corrected chi connectivity index (χ4v) is 0.245. The summed E-state index contributed by atoms with van der Waals surface area (Å²) in [6.07, 6.45) is -0.181. The molecule has 1 atom stereocenters. The summed E-state index contributed by atoms with van der Waals surface area (Å²) in [6.45, 7) is 0.389. The first-order chi connectivity index (χ1) is 3.35. The van der Waals surface area contributed by atoms with Crippen molar-refractivity contribution in [3.63, 3.8) is 0 Å². The Balaban J connectivity index is 2.99. The van der Waals surface area contributed by atoms with E-state index in [-0.39, 0.29) is 12.7 Å². The number of nitrogens with two attached hydrogens (primary N) is 1. The Hall–Kier alpha value is -0.120. The zero-order valence-electron chi connectivity index (χ0n) is 4.42. The van der Waals surface area contributed by atoms with Crippen molar-refractivity contribution in [2.45, 2.75) is 6.10 Å². The van der Waals surface area contributed by atoms with E-state index in [9.17, 15) is 0 Å². The minimum absolute atomic E-state index is 0.00694. The monoisotopic (exact) mass is 105 g/mol. The van der Waals surface area contributed by atoms with Crippen molar-refractivity contribution in [3.8, 4) is 0 Å². The van der Waals surface area contributed by atoms with Crippen molar-refractivity contribution in [3.05, 3.63) is 0 Å². The van der Waals surface area contributed by atoms with Gasteiger partial charge >= 0.3 is 0 Å². The van der Waals surface area contributed by atoms with Gasteiger partial charge in [0.05, 0.1) is 12.7 Å². The lowest BCUT2D eigenvalue weighted by Crippen LogP contribution is -2.25. The molecule has 0 heterocycles. The number of hydrogen-bond acceptors (Lipinski definition) is 3. The van der Waals surface area contributed by atoms with E-state index in [4.69, 9.17) is 10.8 Å². The Morgan fingerprint density at radius 1 is 1.86 bits per heavy atom. The van der Waals surface area contributed by atoms with Gasteiger partial charge in [0.1, 0.15) is 0 Å². The molecule has 3 heteroatoms. The molecule has 7 heavy (non-hydrogen) atoms. The maximum atomic E-state index is 8.32. The molecule has 0 aromatic heterocycles. The van der Waals surface area contributed by atoms with Gasteiger partial charge in [0.15, 0.2) is 0 Å². The minimum atomic E-state index is -0.181. The molecule has 0 aromatic carbocycles. The molecule has 3 nitrogen and oxygen atoms in total. The lowest BCUT2D eigenvalue weighted by molar-refractivity contribution is 0.0553. The third kappa shape index (κ3) is 2.56. The Morgan fingerprint density at radius 2 is 2.43 bits per heavy atom. The van der Waals surface area contributed by atoms with Crippen LogP contribution in [-0.4, -0.2) is 31.5 Å². The van der Waals surface area contributed by atoms with E-state index in [0.717, 1.165) is 0 Å². The lowest BCUT2D eigenvalue weighted by Gasteiger charge is -2.06. The van der Waals surface area contributed by atoms with Crippen molar-refractivity contribution in [1.29, 1.82) is 0 Å². The van der Waals surface area contributed by atoms with Gasteiger partial charge in [-0.3, -0.25) is 0 Å². The van der Waals surface area contributed by atoms with E-state index in [1.54, 1.807) is 0 Å². The number of rotatable bonds is 3. The molecule has 0 fully saturated rings. The van der Waals surface area contributed by atoms with E-state index in [2.05, 4.69) is 4.74 Å². The second-order valence-electron chi connectivity index (χ2n) is 1.28. The second kappa shape index (κ2) is 4.05. The normalized spacial score (nSPS) is 14.1. The van der Waals surface area contributed by atoms with Crippen LogP contribution in [-0.2, 0) is 4.74 Å². The van der Waals surface area contributed by atoms with Gasteiger partial charge in [0.2, 0.25) is 0 Å². The summed E-state index contributed by atoms with van der Waals surface area (Å²) < 4.78 is 4.67. The predicted molar refractivity (Wildman–Crippen MR) is 26.9 cm³/mol. The highest BCUT2D eigenvalue weighted by molar-refractivity contribution is 4.52. The molecule has 0 aromatic rings. The Morgan fingerprint density at radius 3 is 2.43 bits per heavy atom. The van der Waals surface area contributed by atoms with Crippen molar-refractivity contribution < 1.29 is 9.84 Å². The predicted octanol–water partition coefficient (Wildman–Crippen LogP) is -1.05. The van der Waals surface area contributed by atoms with E-state index in [0.29, 0.717) is 6.54 Å². The summed E-state index contributed by atoms with van der Waals surface area (Å²) in [4.78, 5) is 0. The zero-order valence-corrected chi connectivity index (χ0v) is 4.42. The summed E-state index contributed by atoms with van der Waals surface area (Å²) in [6, 6.07) is 0. The highest BCUT2D eigenvalue weighted by Gasteiger charge is 1.98. The molecule has 44 valence electrons. The third-order valence-corrected chi connectivity index (χ3v) is 0.800. The van der Waals surface area contributed by atoms with Crippen LogP contribution in [0.4, 0.5) is 0 Å². The first-order valence-electron chi connectivity index (χ1n) is 2.18. The van der Waals surface area contributed by atoms with Gasteiger partial charge < -0.3 is 15.6 Å². The molecule has 0 bridgehead atoms. The Bertz CT molecular complexity index is 31.2. The molecule has 0 radical (unpaired) electrons. The van der Waals surface area contributed by atoms with Gasteiger partial charge in [-0.15, -0.1) is 0 Å². The summed E-state index contributed by atoms with van der Waals surface area (Å²) in [5.74, 6) is 0. The fraction of sp³-hybridized carbons (Fsp3) is 1.00. The van der Waals surface area contributed by atoms with Crippen molar-refractivity contribution >= 4 is 0 Å². The van der Waals surface area contributed by atoms with Crippen LogP contribution in [0.1, 0.15) is 0 Å². The number of ether oxygens (including phenoxy) is 1. The average molecular weight is 105 g/mol. The van der Waals surface area contributed by atoms with E-state index < -0.39 is 0 Å². The largest absolute Gasteiger partial charge is 0.394 e. The molecule has 3 N–H and O–H groups in total. The summed E-state index contributed by atoms with van der Waals surface area (Å²) in [5.41, 5.74) is 5.11. The van der Waals surface area contributed by atoms with Crippen LogP contribution < -0.4 is 5.73 Å². The first-order valence-corrected chi connectivity index (χ1v) is 2.18. The summed E-state index contributed by atoms with van der Waals surface area (Å²) >= 11 is 0. The van der Waals surface area contributed by atoms with Gasteiger partial charge in [0, 0.05) is 13.7 Å². The molecule has 0 amide bonds. The molecule has 0 aliphatic carbocycles. The highest BCUT2D eigenvalue weighted by Crippen LogP contribution is 1.80. The number of aliphatic hydroxyl groups is 1. The number of aliphatic hydroxyl groups excluding tert-OH is 1. The van der Waals surface area contributed by atoms with Crippen LogP contribution in [0.3, 0.4) is 0 Å². The van der Waals surface area contributed by atoms with Crippen LogP contribution >= 0.6 is 0 Å². The van der Waals surface area contributed by atoms with Crippen molar-refractivity contribution in [1.82, 2.24) is 0 Å². The standard InChI is InChI=1S/C4H11NO2/c1-7-4(2-5)3-6/h4,6H,2-3,5H2,1H3/t4-/m1/s1. The topological polar surface area (TPSA) is 55.5 Å². The van der Waals surface area contributed by atoms with Crippen LogP contribution in [0, 0.1) is 0 Å². The maximum Gasteiger partial charge on any atom is 0.0923 e. The van der Waals surface area contributed by atoms with E-state index in [1.807, 2.05) is 0 Å². The summed E-state index contributed by atoms with van der Waals surface area (Å²) in [5, 5.41) is 8.32. The highest BCUT2D eigenvalue weighted by atomic mass is 16.5. The van der Waals surface area contributed by atoms with E-state index in [1.165, 1.54) is 7.11 Å². The summed E-state index contributed by atoms with van der Waals surface area (Å²) in [7, 11) is 1.52. The van der Waals surface area contributed by atoms with Crippen LogP contribution in [0.5, 0.6) is 0 Å². The lowest BCUT2D eigenvalue weighted by atomic mass is 10.4. The van der Waals surface area contributed by atoms with Crippen molar-refractivity contribution in [2.24, 2.45) is 5.73 Å². The SMILES string of the molecule is CO[C@H](CN)CO. The maximum absolute atomic E-state index is 8.32. The van der Waals surface area contributed by atoms with E-state index >= 15 is 0 Å². The molecule has 0 aliphatic rings. The zero-order chi connectivity index (χ0) is 5.70. The van der Waals surface area contributed by atoms with Crippen LogP contribution in [0.2, 0.25) is 0 Å². The van der Waals surface area contributed by atoms with Gasteiger partial charge in [0.25, 0.3) is 0 Å². The molecule has 0 rings (SSSR count). The second-order valence-corrected chi connectivity index (χ2v) is 1.28. The fourth-order valence-electron chi connectivity index (χ4n) is 0.245. The molecule has 0 spiro atoms. The quantitative estimate of drug-likeness (QED) is 0.481. The third-order valence-electron chi connectivity index (χ3n) is 0.800. The molecular weight excluding hydrogens is 94.0 g/mol. The van der Waals surface area contributed by atoms with Crippen molar-refractivity contribution in [2.75, 3.05) is 20.3 Å². The molecule has 0 aliphatic heterocycles. The van der Waals surface area contributed by atoms with Gasteiger partial charge in [-0.1, -0.05) is 0 Å². The Kier molecular flexibility index (Phi) is 3.98. The average Bonchev–Trinajstić information content (AvgIpc) is 1.72. The smallest absolute Gasteiger partial charge is 0.0923 e. The molecule has 0 saturated heterocycles. The van der Waals surface area contributed by atoms with Gasteiger partial charge in [-0.25, -0.2) is 0 Å². The van der Waals surface area contributed by atoms with Crippen LogP contribution in [0.15, 0.2) is 0 Å².